The largest absolute Gasteiger partial charge is 0.417 e. The number of benzene rings is 1. The van der Waals surface area contributed by atoms with Crippen LogP contribution in [0.3, 0.4) is 0 Å². The number of aromatic nitrogens is 2. The van der Waals surface area contributed by atoms with Crippen LogP contribution in [0.2, 0.25) is 0 Å². The number of rotatable bonds is 1. The van der Waals surface area contributed by atoms with E-state index in [0.717, 1.165) is 16.1 Å². The molecular formula is C11H9N3O2S. The first kappa shape index (κ1) is 10.1. The summed E-state index contributed by atoms with van der Waals surface area (Å²) in [6.45, 7) is 1.96. The van der Waals surface area contributed by atoms with Crippen molar-refractivity contribution in [3.8, 4) is 11.3 Å². The van der Waals surface area contributed by atoms with Gasteiger partial charge in [0.1, 0.15) is 0 Å². The lowest BCUT2D eigenvalue weighted by molar-refractivity contribution is 0.555. The minimum absolute atomic E-state index is 0.452. The van der Waals surface area contributed by atoms with Crippen LogP contribution in [0.25, 0.3) is 22.4 Å². The average Bonchev–Trinajstić information content (AvgIpc) is 2.78. The summed E-state index contributed by atoms with van der Waals surface area (Å²) < 4.78 is 4.94. The maximum atomic E-state index is 11.1. The zero-order valence-corrected chi connectivity index (χ0v) is 9.80. The van der Waals surface area contributed by atoms with Crippen molar-refractivity contribution in [1.29, 1.82) is 0 Å². The number of nitrogens with one attached hydrogen (secondary N) is 1. The van der Waals surface area contributed by atoms with Crippen LogP contribution in [0.15, 0.2) is 27.4 Å². The number of nitrogen functional groups attached to an aromatic ring is 1. The predicted octanol–water partition coefficient (Wildman–Crippen LogP) is 2.14. The molecule has 3 aromatic rings. The molecule has 0 saturated carbocycles. The highest BCUT2D eigenvalue weighted by Crippen LogP contribution is 2.30. The van der Waals surface area contributed by atoms with Gasteiger partial charge in [0, 0.05) is 10.4 Å². The molecule has 0 atom stereocenters. The minimum Gasteiger partial charge on any atom is -0.408 e. The van der Waals surface area contributed by atoms with Gasteiger partial charge in [-0.05, 0) is 25.1 Å². The van der Waals surface area contributed by atoms with Gasteiger partial charge in [-0.3, -0.25) is 4.98 Å². The number of aromatic amines is 1. The Kier molecular flexibility index (Phi) is 2.05. The van der Waals surface area contributed by atoms with E-state index in [-0.39, 0.29) is 0 Å². The molecular weight excluding hydrogens is 238 g/mol. The first-order chi connectivity index (χ1) is 8.13. The summed E-state index contributed by atoms with van der Waals surface area (Å²) in [5, 5.41) is 0.540. The van der Waals surface area contributed by atoms with Gasteiger partial charge in [0.25, 0.3) is 0 Å². The Morgan fingerprint density at radius 1 is 1.47 bits per heavy atom. The van der Waals surface area contributed by atoms with Gasteiger partial charge in [0.15, 0.2) is 10.7 Å². The number of nitrogens with two attached hydrogens (primary N) is 1. The molecule has 0 fully saturated rings. The molecule has 0 saturated heterocycles. The second-order valence-electron chi connectivity index (χ2n) is 3.68. The molecule has 0 amide bonds. The third-order valence-electron chi connectivity index (χ3n) is 2.51. The number of fused-ring (bicyclic) bond motifs is 1. The number of thiazole rings is 1. The number of aryl methyl sites for hydroxylation is 1. The van der Waals surface area contributed by atoms with Crippen LogP contribution in [0.4, 0.5) is 5.13 Å². The smallest absolute Gasteiger partial charge is 0.408 e. The van der Waals surface area contributed by atoms with Gasteiger partial charge >= 0.3 is 5.76 Å². The van der Waals surface area contributed by atoms with Crippen LogP contribution >= 0.6 is 11.3 Å². The monoisotopic (exact) mass is 247 g/mol. The van der Waals surface area contributed by atoms with E-state index in [1.807, 2.05) is 19.1 Å². The molecule has 0 aliphatic carbocycles. The number of nitrogens with zero attached hydrogens (tertiary/aromatic N) is 1. The molecule has 0 aliphatic rings. The van der Waals surface area contributed by atoms with Crippen LogP contribution in [0.5, 0.6) is 0 Å². The van der Waals surface area contributed by atoms with Crippen LogP contribution in [-0.4, -0.2) is 9.97 Å². The van der Waals surface area contributed by atoms with E-state index >= 15 is 0 Å². The standard InChI is InChI=1S/C11H9N3O2S/c1-5-9(14-10(12)17-5)6-2-3-8-7(4-6)13-11(15)16-8/h2-4H,1H3,(H2,12,14)(H,13,15). The summed E-state index contributed by atoms with van der Waals surface area (Å²) in [5.41, 5.74) is 8.63. The molecule has 0 aliphatic heterocycles. The fraction of sp³-hybridized carbons (Fsp3) is 0.0909. The maximum absolute atomic E-state index is 11.1. The van der Waals surface area contributed by atoms with Gasteiger partial charge in [-0.25, -0.2) is 9.78 Å². The lowest BCUT2D eigenvalue weighted by atomic mass is 10.1. The molecule has 3 rings (SSSR count). The average molecular weight is 247 g/mol. The first-order valence-electron chi connectivity index (χ1n) is 4.99. The summed E-state index contributed by atoms with van der Waals surface area (Å²) in [5.74, 6) is -0.452. The first-order valence-corrected chi connectivity index (χ1v) is 5.81. The van der Waals surface area contributed by atoms with Crippen LogP contribution in [0, 0.1) is 6.92 Å². The molecule has 1 aromatic carbocycles. The number of anilines is 1. The SMILES string of the molecule is Cc1sc(N)nc1-c1ccc2oc(=O)[nH]c2c1. The van der Waals surface area contributed by atoms with E-state index in [1.54, 1.807) is 6.07 Å². The summed E-state index contributed by atoms with van der Waals surface area (Å²) in [6, 6.07) is 5.44. The Labute approximate surface area is 99.9 Å². The quantitative estimate of drug-likeness (QED) is 0.689. The second kappa shape index (κ2) is 3.46. The maximum Gasteiger partial charge on any atom is 0.417 e. The molecule has 5 nitrogen and oxygen atoms in total. The molecule has 0 radical (unpaired) electrons. The van der Waals surface area contributed by atoms with Crippen LogP contribution < -0.4 is 11.5 Å². The van der Waals surface area contributed by atoms with Crippen molar-refractivity contribution in [3.05, 3.63) is 33.6 Å². The minimum atomic E-state index is -0.452. The highest BCUT2D eigenvalue weighted by molar-refractivity contribution is 7.15. The van der Waals surface area contributed by atoms with Crippen molar-refractivity contribution < 1.29 is 4.42 Å². The van der Waals surface area contributed by atoms with E-state index in [0.29, 0.717) is 16.2 Å². The lowest BCUT2D eigenvalue weighted by Gasteiger charge is -1.97. The Balaban J connectivity index is 2.23. The fourth-order valence-corrected chi connectivity index (χ4v) is 2.49. The summed E-state index contributed by atoms with van der Waals surface area (Å²) >= 11 is 1.45. The van der Waals surface area contributed by atoms with Crippen molar-refractivity contribution in [2.45, 2.75) is 6.92 Å². The molecule has 3 N–H and O–H groups in total. The van der Waals surface area contributed by atoms with Gasteiger partial charge in [-0.2, -0.15) is 0 Å². The molecule has 2 aromatic heterocycles. The molecule has 2 heterocycles. The van der Waals surface area contributed by atoms with Crippen molar-refractivity contribution in [2.24, 2.45) is 0 Å². The van der Waals surface area contributed by atoms with Crippen LogP contribution in [-0.2, 0) is 0 Å². The van der Waals surface area contributed by atoms with Gasteiger partial charge in [-0.15, -0.1) is 11.3 Å². The predicted molar refractivity (Wildman–Crippen MR) is 67.1 cm³/mol. The third kappa shape index (κ3) is 1.62. The zero-order chi connectivity index (χ0) is 12.0. The van der Waals surface area contributed by atoms with Gasteiger partial charge < -0.3 is 10.2 Å². The normalized spacial score (nSPS) is 11.1. The molecule has 0 unspecified atom stereocenters. The molecule has 86 valence electrons. The molecule has 0 bridgehead atoms. The summed E-state index contributed by atoms with van der Waals surface area (Å²) in [6.07, 6.45) is 0. The van der Waals surface area contributed by atoms with E-state index in [9.17, 15) is 4.79 Å². The van der Waals surface area contributed by atoms with Gasteiger partial charge in [-0.1, -0.05) is 0 Å². The summed E-state index contributed by atoms with van der Waals surface area (Å²) in [4.78, 5) is 19.0. The van der Waals surface area contributed by atoms with Gasteiger partial charge in [0.05, 0.1) is 11.2 Å². The van der Waals surface area contributed by atoms with E-state index in [1.165, 1.54) is 11.3 Å². The van der Waals surface area contributed by atoms with Crippen molar-refractivity contribution >= 4 is 27.6 Å². The highest BCUT2D eigenvalue weighted by atomic mass is 32.1. The Morgan fingerprint density at radius 3 is 3.00 bits per heavy atom. The topological polar surface area (TPSA) is 84.9 Å². The van der Waals surface area contributed by atoms with Crippen LogP contribution in [0.1, 0.15) is 4.88 Å². The summed E-state index contributed by atoms with van der Waals surface area (Å²) in [7, 11) is 0. The zero-order valence-electron chi connectivity index (χ0n) is 8.98. The van der Waals surface area contributed by atoms with Crippen molar-refractivity contribution in [2.75, 3.05) is 5.73 Å². The lowest BCUT2D eigenvalue weighted by Crippen LogP contribution is -1.92. The Hall–Kier alpha value is -2.08. The molecule has 6 heteroatoms. The van der Waals surface area contributed by atoms with E-state index in [2.05, 4.69) is 9.97 Å². The fourth-order valence-electron chi connectivity index (χ4n) is 1.78. The van der Waals surface area contributed by atoms with Gasteiger partial charge in [0.2, 0.25) is 0 Å². The van der Waals surface area contributed by atoms with E-state index in [4.69, 9.17) is 10.2 Å². The van der Waals surface area contributed by atoms with E-state index < -0.39 is 5.76 Å². The number of hydrogen-bond acceptors (Lipinski definition) is 5. The Bertz CT molecular complexity index is 754. The molecule has 17 heavy (non-hydrogen) atoms. The third-order valence-corrected chi connectivity index (χ3v) is 3.31. The number of hydrogen-bond donors (Lipinski definition) is 2. The van der Waals surface area contributed by atoms with Crippen molar-refractivity contribution in [3.63, 3.8) is 0 Å². The highest BCUT2D eigenvalue weighted by Gasteiger charge is 2.10. The number of H-pyrrole nitrogens is 1. The van der Waals surface area contributed by atoms with Crippen molar-refractivity contribution in [1.82, 2.24) is 9.97 Å². The second-order valence-corrected chi connectivity index (χ2v) is 4.92. The number of oxazole rings is 1. The molecule has 0 spiro atoms. The Morgan fingerprint density at radius 2 is 2.29 bits per heavy atom.